The Bertz CT molecular complexity index is 364. The first-order valence-corrected chi connectivity index (χ1v) is 6.24. The van der Waals surface area contributed by atoms with Gasteiger partial charge in [0, 0.05) is 6.04 Å². The lowest BCUT2D eigenvalue weighted by Gasteiger charge is -2.09. The molecule has 4 N–H and O–H groups in total. The maximum atomic E-state index is 11.0. The number of urea groups is 1. The smallest absolute Gasteiger partial charge is 0.318 e. The zero-order valence-corrected chi connectivity index (χ0v) is 8.84. The van der Waals surface area contributed by atoms with Crippen LogP contribution in [0.4, 0.5) is 4.79 Å². The quantitative estimate of drug-likeness (QED) is 0.520. The van der Waals surface area contributed by atoms with Crippen LogP contribution in [0.25, 0.3) is 0 Å². The normalized spacial score (nSPS) is 23.6. The van der Waals surface area contributed by atoms with Crippen LogP contribution >= 0.6 is 0 Å². The third kappa shape index (κ3) is 4.26. The number of rotatable bonds is 3. The van der Waals surface area contributed by atoms with E-state index in [9.17, 15) is 18.0 Å². The number of amides is 3. The minimum Gasteiger partial charge on any atom is -0.351 e. The number of nitrogens with one attached hydrogen (secondary N) is 2. The van der Waals surface area contributed by atoms with Gasteiger partial charge in [0.15, 0.2) is 9.84 Å². The van der Waals surface area contributed by atoms with Crippen molar-refractivity contribution in [2.24, 2.45) is 5.73 Å². The van der Waals surface area contributed by atoms with E-state index in [4.69, 9.17) is 5.73 Å². The van der Waals surface area contributed by atoms with Crippen molar-refractivity contribution < 1.29 is 18.0 Å². The highest BCUT2D eigenvalue weighted by Gasteiger charge is 2.27. The van der Waals surface area contributed by atoms with Gasteiger partial charge in [0.2, 0.25) is 5.91 Å². The number of hydrogen-bond donors (Lipinski definition) is 3. The number of sulfone groups is 1. The summed E-state index contributed by atoms with van der Waals surface area (Å²) < 4.78 is 22.1. The second-order valence-electron chi connectivity index (χ2n) is 3.39. The molecule has 0 aromatic rings. The first-order valence-electron chi connectivity index (χ1n) is 4.42. The average Bonchev–Trinajstić information content (AvgIpc) is 2.41. The number of primary amides is 1. The van der Waals surface area contributed by atoms with Gasteiger partial charge in [0.25, 0.3) is 0 Å². The SMILES string of the molecule is NC(=O)NC(=O)CNC1CCS(=O)(=O)C1. The summed E-state index contributed by atoms with van der Waals surface area (Å²) >= 11 is 0. The van der Waals surface area contributed by atoms with Crippen LogP contribution in [0.1, 0.15) is 6.42 Å². The zero-order valence-electron chi connectivity index (χ0n) is 8.02. The van der Waals surface area contributed by atoms with Crippen LogP contribution in [0.15, 0.2) is 0 Å². The van der Waals surface area contributed by atoms with Crippen molar-refractivity contribution in [2.75, 3.05) is 18.1 Å². The molecule has 0 aromatic heterocycles. The van der Waals surface area contributed by atoms with Crippen molar-refractivity contribution in [3.05, 3.63) is 0 Å². The lowest BCUT2D eigenvalue weighted by molar-refractivity contribution is -0.119. The Kier molecular flexibility index (Phi) is 3.64. The van der Waals surface area contributed by atoms with E-state index in [0.717, 1.165) is 0 Å². The number of imide groups is 1. The largest absolute Gasteiger partial charge is 0.351 e. The second kappa shape index (κ2) is 4.58. The fourth-order valence-electron chi connectivity index (χ4n) is 1.37. The minimum absolute atomic E-state index is 0.0385. The van der Waals surface area contributed by atoms with Crippen molar-refractivity contribution in [3.63, 3.8) is 0 Å². The Labute approximate surface area is 87.3 Å². The lowest BCUT2D eigenvalue weighted by atomic mass is 10.2. The van der Waals surface area contributed by atoms with Crippen molar-refractivity contribution in [2.45, 2.75) is 12.5 Å². The molecule has 0 spiro atoms. The zero-order chi connectivity index (χ0) is 11.5. The van der Waals surface area contributed by atoms with Crippen LogP contribution in [-0.4, -0.2) is 44.4 Å². The van der Waals surface area contributed by atoms with E-state index in [-0.39, 0.29) is 24.1 Å². The van der Waals surface area contributed by atoms with Gasteiger partial charge in [-0.05, 0) is 6.42 Å². The fourth-order valence-corrected chi connectivity index (χ4v) is 3.08. The van der Waals surface area contributed by atoms with Gasteiger partial charge in [0.05, 0.1) is 18.1 Å². The van der Waals surface area contributed by atoms with Gasteiger partial charge >= 0.3 is 6.03 Å². The monoisotopic (exact) mass is 235 g/mol. The Hall–Kier alpha value is -1.15. The molecular formula is C7H13N3O4S. The van der Waals surface area contributed by atoms with Gasteiger partial charge in [-0.2, -0.15) is 0 Å². The van der Waals surface area contributed by atoms with Crippen molar-refractivity contribution in [3.8, 4) is 0 Å². The highest BCUT2D eigenvalue weighted by atomic mass is 32.2. The van der Waals surface area contributed by atoms with E-state index >= 15 is 0 Å². The summed E-state index contributed by atoms with van der Waals surface area (Å²) in [6.07, 6.45) is 0.492. The first kappa shape index (κ1) is 11.9. The molecule has 1 aliphatic heterocycles. The summed E-state index contributed by atoms with van der Waals surface area (Å²) in [4.78, 5) is 21.2. The number of carbonyl (C=O) groups is 2. The number of carbonyl (C=O) groups excluding carboxylic acids is 2. The van der Waals surface area contributed by atoms with Crippen molar-refractivity contribution >= 4 is 21.8 Å². The standard InChI is InChI=1S/C7H13N3O4S/c8-7(12)10-6(11)3-9-5-1-2-15(13,14)4-5/h5,9H,1-4H2,(H3,8,10,11,12). The molecule has 0 aromatic carbocycles. The van der Waals surface area contributed by atoms with Gasteiger partial charge in [-0.3, -0.25) is 10.1 Å². The van der Waals surface area contributed by atoms with E-state index in [1.54, 1.807) is 0 Å². The van der Waals surface area contributed by atoms with Gasteiger partial charge in [0.1, 0.15) is 0 Å². The predicted octanol–water partition coefficient (Wildman–Crippen LogP) is -2.04. The molecule has 0 radical (unpaired) electrons. The number of nitrogens with two attached hydrogens (primary N) is 1. The molecule has 0 saturated carbocycles. The van der Waals surface area contributed by atoms with Gasteiger partial charge in [-0.1, -0.05) is 0 Å². The molecule has 1 unspecified atom stereocenters. The van der Waals surface area contributed by atoms with Crippen LogP contribution in [0, 0.1) is 0 Å². The molecule has 1 heterocycles. The predicted molar refractivity (Wildman–Crippen MR) is 52.8 cm³/mol. The Morgan fingerprint density at radius 3 is 2.53 bits per heavy atom. The molecule has 8 heteroatoms. The summed E-state index contributed by atoms with van der Waals surface area (Å²) in [5, 5.41) is 4.62. The molecule has 1 fully saturated rings. The summed E-state index contributed by atoms with van der Waals surface area (Å²) in [5.41, 5.74) is 4.73. The number of hydrogen-bond acceptors (Lipinski definition) is 5. The highest BCUT2D eigenvalue weighted by Crippen LogP contribution is 2.10. The maximum Gasteiger partial charge on any atom is 0.318 e. The Morgan fingerprint density at radius 1 is 1.40 bits per heavy atom. The van der Waals surface area contributed by atoms with E-state index in [0.29, 0.717) is 6.42 Å². The molecule has 1 saturated heterocycles. The molecule has 1 atom stereocenters. The molecule has 0 bridgehead atoms. The Balaban J connectivity index is 2.27. The molecule has 1 aliphatic rings. The van der Waals surface area contributed by atoms with Gasteiger partial charge < -0.3 is 11.1 Å². The van der Waals surface area contributed by atoms with Crippen LogP contribution in [-0.2, 0) is 14.6 Å². The van der Waals surface area contributed by atoms with Crippen LogP contribution in [0.2, 0.25) is 0 Å². The van der Waals surface area contributed by atoms with Crippen LogP contribution in [0.5, 0.6) is 0 Å². The second-order valence-corrected chi connectivity index (χ2v) is 5.62. The summed E-state index contributed by atoms with van der Waals surface area (Å²) in [5.74, 6) is -0.384. The molecule has 3 amide bonds. The minimum atomic E-state index is -2.95. The molecule has 15 heavy (non-hydrogen) atoms. The van der Waals surface area contributed by atoms with Crippen LogP contribution < -0.4 is 16.4 Å². The summed E-state index contributed by atoms with van der Waals surface area (Å²) in [7, 11) is -2.95. The molecule has 7 nitrogen and oxygen atoms in total. The third-order valence-electron chi connectivity index (χ3n) is 2.05. The molecule has 86 valence electrons. The Morgan fingerprint density at radius 2 is 2.07 bits per heavy atom. The van der Waals surface area contributed by atoms with Crippen molar-refractivity contribution in [1.82, 2.24) is 10.6 Å². The lowest BCUT2D eigenvalue weighted by Crippen LogP contribution is -2.43. The van der Waals surface area contributed by atoms with Crippen molar-refractivity contribution in [1.29, 1.82) is 0 Å². The van der Waals surface area contributed by atoms with E-state index in [1.165, 1.54) is 0 Å². The van der Waals surface area contributed by atoms with Gasteiger partial charge in [-0.25, -0.2) is 13.2 Å². The molecule has 1 rings (SSSR count). The average molecular weight is 235 g/mol. The molecular weight excluding hydrogens is 222 g/mol. The summed E-state index contributed by atoms with van der Waals surface area (Å²) in [6.45, 7) is -0.108. The van der Waals surface area contributed by atoms with Crippen LogP contribution in [0.3, 0.4) is 0 Å². The van der Waals surface area contributed by atoms with E-state index in [1.807, 2.05) is 5.32 Å². The fraction of sp³-hybridized carbons (Fsp3) is 0.714. The summed E-state index contributed by atoms with van der Waals surface area (Å²) in [6, 6.07) is -1.13. The molecule has 0 aliphatic carbocycles. The maximum absolute atomic E-state index is 11.0. The van der Waals surface area contributed by atoms with Gasteiger partial charge in [-0.15, -0.1) is 0 Å². The van der Waals surface area contributed by atoms with E-state index < -0.39 is 21.8 Å². The topological polar surface area (TPSA) is 118 Å². The van der Waals surface area contributed by atoms with E-state index in [2.05, 4.69) is 5.32 Å². The third-order valence-corrected chi connectivity index (χ3v) is 3.81. The first-order chi connectivity index (χ1) is 6.89. The highest BCUT2D eigenvalue weighted by molar-refractivity contribution is 7.91.